The molecular formula is C14H15N3O2S2. The standard InChI is InChI=1S/C14H15N3O2S2/c1-3-19-14(18)9-7-16-17(8-9)10-5-4-6-11(21-2)12(10)13(15)20/h4-8H,3H2,1-2H3,(H2,15,20). The Balaban J connectivity index is 2.48. The fourth-order valence-corrected chi connectivity index (χ4v) is 2.82. The molecule has 0 atom stereocenters. The van der Waals surface area contributed by atoms with Crippen molar-refractivity contribution in [1.29, 1.82) is 0 Å². The molecule has 0 radical (unpaired) electrons. The second kappa shape index (κ2) is 6.73. The molecule has 2 rings (SSSR count). The predicted octanol–water partition coefficient (Wildman–Crippen LogP) is 2.41. The van der Waals surface area contributed by atoms with Gasteiger partial charge in [0.1, 0.15) is 4.99 Å². The molecule has 110 valence electrons. The molecule has 0 amide bonds. The molecule has 5 nitrogen and oxygen atoms in total. The van der Waals surface area contributed by atoms with Gasteiger partial charge in [-0.1, -0.05) is 18.3 Å². The minimum atomic E-state index is -0.401. The molecule has 2 N–H and O–H groups in total. The lowest BCUT2D eigenvalue weighted by molar-refractivity contribution is 0.0526. The SMILES string of the molecule is CCOC(=O)c1cnn(-c2cccc(SC)c2C(N)=S)c1. The fraction of sp³-hybridized carbons (Fsp3) is 0.214. The maximum absolute atomic E-state index is 11.7. The van der Waals surface area contributed by atoms with E-state index in [2.05, 4.69) is 5.10 Å². The third-order valence-corrected chi connectivity index (χ3v) is 3.80. The molecule has 7 heteroatoms. The van der Waals surface area contributed by atoms with Crippen LogP contribution in [0.3, 0.4) is 0 Å². The van der Waals surface area contributed by atoms with Gasteiger partial charge in [0.2, 0.25) is 0 Å². The summed E-state index contributed by atoms with van der Waals surface area (Å²) in [5, 5.41) is 4.20. The first-order chi connectivity index (χ1) is 10.1. The van der Waals surface area contributed by atoms with Crippen molar-refractivity contribution >= 4 is 34.9 Å². The Morgan fingerprint density at radius 2 is 2.29 bits per heavy atom. The minimum absolute atomic E-state index is 0.295. The zero-order chi connectivity index (χ0) is 15.4. The highest BCUT2D eigenvalue weighted by atomic mass is 32.2. The molecule has 0 aliphatic carbocycles. The van der Waals surface area contributed by atoms with Crippen LogP contribution < -0.4 is 5.73 Å². The van der Waals surface area contributed by atoms with Gasteiger partial charge in [-0.15, -0.1) is 11.8 Å². The molecule has 21 heavy (non-hydrogen) atoms. The van der Waals surface area contributed by atoms with Gasteiger partial charge >= 0.3 is 5.97 Å². The van der Waals surface area contributed by atoms with Crippen molar-refractivity contribution in [2.24, 2.45) is 5.73 Å². The Hall–Kier alpha value is -1.86. The molecule has 1 aromatic heterocycles. The number of nitrogens with two attached hydrogens (primary N) is 1. The van der Waals surface area contributed by atoms with Crippen LogP contribution in [0.5, 0.6) is 0 Å². The number of ether oxygens (including phenoxy) is 1. The molecule has 0 fully saturated rings. The maximum atomic E-state index is 11.7. The number of hydrogen-bond acceptors (Lipinski definition) is 5. The topological polar surface area (TPSA) is 70.1 Å². The molecule has 2 aromatic rings. The highest BCUT2D eigenvalue weighted by Crippen LogP contribution is 2.26. The molecule has 1 heterocycles. The van der Waals surface area contributed by atoms with Gasteiger partial charge in [-0.05, 0) is 25.3 Å². The molecule has 0 spiro atoms. The van der Waals surface area contributed by atoms with E-state index < -0.39 is 5.97 Å². The number of esters is 1. The van der Waals surface area contributed by atoms with E-state index in [4.69, 9.17) is 22.7 Å². The van der Waals surface area contributed by atoms with Gasteiger partial charge in [-0.3, -0.25) is 0 Å². The zero-order valence-electron chi connectivity index (χ0n) is 11.7. The monoisotopic (exact) mass is 321 g/mol. The van der Waals surface area contributed by atoms with E-state index in [-0.39, 0.29) is 0 Å². The molecule has 0 unspecified atom stereocenters. The average molecular weight is 321 g/mol. The van der Waals surface area contributed by atoms with Crippen molar-refractivity contribution in [2.45, 2.75) is 11.8 Å². The van der Waals surface area contributed by atoms with Gasteiger partial charge in [0.25, 0.3) is 0 Å². The van der Waals surface area contributed by atoms with Crippen LogP contribution in [0.2, 0.25) is 0 Å². The molecule has 0 aliphatic heterocycles. The van der Waals surface area contributed by atoms with Crippen molar-refractivity contribution in [3.8, 4) is 5.69 Å². The summed E-state index contributed by atoms with van der Waals surface area (Å²) in [5.41, 5.74) is 7.71. The molecule has 0 saturated carbocycles. The smallest absolute Gasteiger partial charge is 0.341 e. The Bertz CT molecular complexity index is 683. The fourth-order valence-electron chi connectivity index (χ4n) is 1.90. The van der Waals surface area contributed by atoms with Gasteiger partial charge in [0.05, 0.1) is 24.1 Å². The predicted molar refractivity (Wildman–Crippen MR) is 87.2 cm³/mol. The van der Waals surface area contributed by atoms with Crippen molar-refractivity contribution in [3.63, 3.8) is 0 Å². The highest BCUT2D eigenvalue weighted by Gasteiger charge is 2.15. The number of carbonyl (C=O) groups is 1. The second-order valence-electron chi connectivity index (χ2n) is 4.11. The first-order valence-corrected chi connectivity index (χ1v) is 7.90. The first kappa shape index (κ1) is 15.5. The van der Waals surface area contributed by atoms with Crippen LogP contribution in [0.1, 0.15) is 22.8 Å². The van der Waals surface area contributed by atoms with Crippen LogP contribution in [0, 0.1) is 0 Å². The van der Waals surface area contributed by atoms with Gasteiger partial charge in [0.15, 0.2) is 0 Å². The van der Waals surface area contributed by atoms with Crippen LogP contribution in [0.4, 0.5) is 0 Å². The van der Waals surface area contributed by atoms with Crippen LogP contribution in [-0.2, 0) is 4.74 Å². The van der Waals surface area contributed by atoms with E-state index in [0.717, 1.165) is 16.1 Å². The van der Waals surface area contributed by atoms with E-state index >= 15 is 0 Å². The van der Waals surface area contributed by atoms with E-state index in [1.165, 1.54) is 6.20 Å². The number of thioether (sulfide) groups is 1. The summed E-state index contributed by atoms with van der Waals surface area (Å²) in [6.45, 7) is 2.08. The minimum Gasteiger partial charge on any atom is -0.462 e. The van der Waals surface area contributed by atoms with Gasteiger partial charge in [-0.2, -0.15) is 5.10 Å². The lowest BCUT2D eigenvalue weighted by atomic mass is 10.2. The van der Waals surface area contributed by atoms with E-state index in [1.807, 2.05) is 24.5 Å². The van der Waals surface area contributed by atoms with Crippen molar-refractivity contribution in [3.05, 3.63) is 41.7 Å². The number of hydrogen-bond donors (Lipinski definition) is 1. The first-order valence-electron chi connectivity index (χ1n) is 6.27. The summed E-state index contributed by atoms with van der Waals surface area (Å²) in [7, 11) is 0. The van der Waals surface area contributed by atoms with Crippen LogP contribution in [-0.4, -0.2) is 33.6 Å². The lowest BCUT2D eigenvalue weighted by Gasteiger charge is -2.12. The Kier molecular flexibility index (Phi) is 4.98. The van der Waals surface area contributed by atoms with Crippen LogP contribution >= 0.6 is 24.0 Å². The average Bonchev–Trinajstić information content (AvgIpc) is 2.96. The Morgan fingerprint density at radius 3 is 2.90 bits per heavy atom. The zero-order valence-corrected chi connectivity index (χ0v) is 13.3. The second-order valence-corrected chi connectivity index (χ2v) is 5.40. The number of thiocarbonyl (C=S) groups is 1. The summed E-state index contributed by atoms with van der Waals surface area (Å²) >= 11 is 6.69. The Labute approximate surface area is 132 Å². The maximum Gasteiger partial charge on any atom is 0.341 e. The summed E-state index contributed by atoms with van der Waals surface area (Å²) in [6.07, 6.45) is 5.03. The van der Waals surface area contributed by atoms with Gasteiger partial charge < -0.3 is 10.5 Å². The van der Waals surface area contributed by atoms with Gasteiger partial charge in [-0.25, -0.2) is 9.48 Å². The third kappa shape index (κ3) is 3.25. The van der Waals surface area contributed by atoms with Crippen molar-refractivity contribution in [1.82, 2.24) is 9.78 Å². The largest absolute Gasteiger partial charge is 0.462 e. The molecule has 1 aromatic carbocycles. The van der Waals surface area contributed by atoms with Gasteiger partial charge in [0, 0.05) is 16.7 Å². The molecule has 0 saturated heterocycles. The van der Waals surface area contributed by atoms with Crippen LogP contribution in [0.15, 0.2) is 35.5 Å². The molecular weight excluding hydrogens is 306 g/mol. The number of nitrogens with zero attached hydrogens (tertiary/aromatic N) is 2. The molecule has 0 bridgehead atoms. The number of carbonyl (C=O) groups excluding carboxylic acids is 1. The van der Waals surface area contributed by atoms with Crippen molar-refractivity contribution in [2.75, 3.05) is 12.9 Å². The van der Waals surface area contributed by atoms with E-state index in [9.17, 15) is 4.79 Å². The van der Waals surface area contributed by atoms with E-state index in [0.29, 0.717) is 17.2 Å². The van der Waals surface area contributed by atoms with Crippen LogP contribution in [0.25, 0.3) is 5.69 Å². The number of rotatable bonds is 5. The quantitative estimate of drug-likeness (QED) is 0.518. The number of aromatic nitrogens is 2. The summed E-state index contributed by atoms with van der Waals surface area (Å²) in [5.74, 6) is -0.401. The lowest BCUT2D eigenvalue weighted by Crippen LogP contribution is -2.15. The Morgan fingerprint density at radius 1 is 1.52 bits per heavy atom. The third-order valence-electron chi connectivity index (χ3n) is 2.81. The number of benzene rings is 1. The van der Waals surface area contributed by atoms with E-state index in [1.54, 1.807) is 29.6 Å². The summed E-state index contributed by atoms with van der Waals surface area (Å²) < 4.78 is 6.54. The summed E-state index contributed by atoms with van der Waals surface area (Å²) in [6, 6.07) is 5.70. The molecule has 0 aliphatic rings. The summed E-state index contributed by atoms with van der Waals surface area (Å²) in [4.78, 5) is 13.0. The van der Waals surface area contributed by atoms with Crippen molar-refractivity contribution < 1.29 is 9.53 Å². The normalized spacial score (nSPS) is 10.4. The highest BCUT2D eigenvalue weighted by molar-refractivity contribution is 7.98.